The van der Waals surface area contributed by atoms with Crippen LogP contribution in [0.1, 0.15) is 33.4 Å². The minimum atomic E-state index is -0.814. The summed E-state index contributed by atoms with van der Waals surface area (Å²) in [6.45, 7) is 2.33. The summed E-state index contributed by atoms with van der Waals surface area (Å²) in [6.07, 6.45) is 5.02. The number of benzene rings is 2. The monoisotopic (exact) mass is 423 g/mol. The van der Waals surface area contributed by atoms with Gasteiger partial charge in [-0.1, -0.05) is 30.3 Å². The van der Waals surface area contributed by atoms with Crippen LogP contribution in [0.15, 0.2) is 79.3 Å². The van der Waals surface area contributed by atoms with E-state index in [-0.39, 0.29) is 5.91 Å². The van der Waals surface area contributed by atoms with Crippen molar-refractivity contribution in [3.05, 3.63) is 102 Å². The molecule has 0 aliphatic heterocycles. The van der Waals surface area contributed by atoms with Gasteiger partial charge in [0.25, 0.3) is 5.91 Å². The first-order valence-electron chi connectivity index (χ1n) is 10.1. The van der Waals surface area contributed by atoms with E-state index in [1.54, 1.807) is 41.5 Å². The first kappa shape index (κ1) is 20.8. The summed E-state index contributed by atoms with van der Waals surface area (Å²) in [6, 6.07) is 19.9. The predicted molar refractivity (Wildman–Crippen MR) is 120 cm³/mol. The molecule has 32 heavy (non-hydrogen) atoms. The fourth-order valence-corrected chi connectivity index (χ4v) is 3.18. The molecule has 2 aromatic carbocycles. The molecule has 8 heteroatoms. The van der Waals surface area contributed by atoms with Crippen molar-refractivity contribution in [1.29, 1.82) is 5.26 Å². The molecular formula is C24H21N7O. The summed E-state index contributed by atoms with van der Waals surface area (Å²) in [5.74, 6) is 1.07. The largest absolute Gasteiger partial charge is 0.366 e. The second kappa shape index (κ2) is 9.53. The molecule has 2 N–H and O–H groups in total. The normalized spacial score (nSPS) is 11.4. The number of nitriles is 1. The molecule has 2 aromatic heterocycles. The Hall–Kier alpha value is -4.51. The number of aromatic nitrogens is 4. The number of hydrogen-bond donors (Lipinski definition) is 2. The van der Waals surface area contributed by atoms with E-state index in [4.69, 9.17) is 0 Å². The van der Waals surface area contributed by atoms with Gasteiger partial charge < -0.3 is 10.6 Å². The maximum absolute atomic E-state index is 12.8. The van der Waals surface area contributed by atoms with Crippen molar-refractivity contribution < 1.29 is 4.79 Å². The first-order valence-corrected chi connectivity index (χ1v) is 10.1. The zero-order chi connectivity index (χ0) is 22.3. The fraction of sp³-hybridized carbons (Fsp3) is 0.125. The van der Waals surface area contributed by atoms with E-state index in [9.17, 15) is 10.1 Å². The third-order valence-corrected chi connectivity index (χ3v) is 4.80. The number of amides is 1. The molecule has 0 fully saturated rings. The Morgan fingerprint density at radius 3 is 2.78 bits per heavy atom. The van der Waals surface area contributed by atoms with Crippen LogP contribution < -0.4 is 10.6 Å². The lowest BCUT2D eigenvalue weighted by atomic mass is 10.1. The molecule has 8 nitrogen and oxygen atoms in total. The fourth-order valence-electron chi connectivity index (χ4n) is 3.18. The van der Waals surface area contributed by atoms with Crippen LogP contribution in [0.5, 0.6) is 0 Å². The lowest BCUT2D eigenvalue weighted by molar-refractivity contribution is 0.0945. The van der Waals surface area contributed by atoms with Gasteiger partial charge in [-0.15, -0.1) is 0 Å². The summed E-state index contributed by atoms with van der Waals surface area (Å²) in [4.78, 5) is 21.2. The van der Waals surface area contributed by atoms with Gasteiger partial charge in [-0.3, -0.25) is 4.79 Å². The van der Waals surface area contributed by atoms with Gasteiger partial charge in [-0.2, -0.15) is 10.4 Å². The third-order valence-electron chi connectivity index (χ3n) is 4.80. The van der Waals surface area contributed by atoms with Crippen LogP contribution in [0.25, 0.3) is 5.69 Å². The molecule has 0 aliphatic rings. The Labute approximate surface area is 185 Å². The minimum Gasteiger partial charge on any atom is -0.366 e. The Bertz CT molecular complexity index is 1260. The maximum atomic E-state index is 12.8. The lowest BCUT2D eigenvalue weighted by Gasteiger charge is -2.11. The first-order chi connectivity index (χ1) is 15.6. The van der Waals surface area contributed by atoms with Crippen molar-refractivity contribution in [2.45, 2.75) is 19.5 Å². The zero-order valence-corrected chi connectivity index (χ0v) is 17.4. The van der Waals surface area contributed by atoms with Crippen molar-refractivity contribution in [2.75, 3.05) is 5.32 Å². The van der Waals surface area contributed by atoms with Gasteiger partial charge in [0.2, 0.25) is 0 Å². The van der Waals surface area contributed by atoms with E-state index in [0.29, 0.717) is 29.3 Å². The van der Waals surface area contributed by atoms with Crippen molar-refractivity contribution in [3.63, 3.8) is 0 Å². The Morgan fingerprint density at radius 2 is 2.00 bits per heavy atom. The number of nitrogens with zero attached hydrogens (tertiary/aromatic N) is 5. The molecule has 0 saturated heterocycles. The molecule has 4 rings (SSSR count). The SMILES string of the molecule is Cc1nccc(NCc2cccc(C(=O)NC(C#N)c3cnn(-c4ccccc4)c3)c2)n1. The summed E-state index contributed by atoms with van der Waals surface area (Å²) >= 11 is 0. The second-order valence-electron chi connectivity index (χ2n) is 7.13. The van der Waals surface area contributed by atoms with Gasteiger partial charge in [-0.25, -0.2) is 14.6 Å². The smallest absolute Gasteiger partial charge is 0.252 e. The summed E-state index contributed by atoms with van der Waals surface area (Å²) in [5, 5.41) is 19.9. The quantitative estimate of drug-likeness (QED) is 0.470. The van der Waals surface area contributed by atoms with Crippen LogP contribution in [0, 0.1) is 18.3 Å². The highest BCUT2D eigenvalue weighted by atomic mass is 16.1. The van der Waals surface area contributed by atoms with Crippen LogP contribution >= 0.6 is 0 Å². The molecule has 0 saturated carbocycles. The van der Waals surface area contributed by atoms with Crippen molar-refractivity contribution in [1.82, 2.24) is 25.1 Å². The van der Waals surface area contributed by atoms with Crippen LogP contribution in [-0.2, 0) is 6.54 Å². The average molecular weight is 423 g/mol. The molecule has 0 radical (unpaired) electrons. The van der Waals surface area contributed by atoms with Gasteiger partial charge >= 0.3 is 0 Å². The topological polar surface area (TPSA) is 109 Å². The molecule has 0 spiro atoms. The summed E-state index contributed by atoms with van der Waals surface area (Å²) in [7, 11) is 0. The van der Waals surface area contributed by atoms with Gasteiger partial charge in [0.05, 0.1) is 18.0 Å². The third kappa shape index (κ3) is 4.96. The van der Waals surface area contributed by atoms with E-state index < -0.39 is 6.04 Å². The van der Waals surface area contributed by atoms with Crippen LogP contribution in [0.3, 0.4) is 0 Å². The molecule has 2 heterocycles. The van der Waals surface area contributed by atoms with Crippen LogP contribution in [0.2, 0.25) is 0 Å². The predicted octanol–water partition coefficient (Wildman–Crippen LogP) is 3.58. The van der Waals surface area contributed by atoms with Gasteiger partial charge in [0.15, 0.2) is 0 Å². The van der Waals surface area contributed by atoms with E-state index in [1.807, 2.05) is 49.4 Å². The zero-order valence-electron chi connectivity index (χ0n) is 17.4. The molecule has 158 valence electrons. The highest BCUT2D eigenvalue weighted by molar-refractivity contribution is 5.94. The number of nitrogens with one attached hydrogen (secondary N) is 2. The van der Waals surface area contributed by atoms with Crippen LogP contribution in [-0.4, -0.2) is 25.7 Å². The maximum Gasteiger partial charge on any atom is 0.252 e. The standard InChI is InChI=1S/C24H21N7O/c1-17-26-11-10-23(29-17)27-14-18-6-5-7-19(12-18)24(32)30-22(13-25)20-15-28-31(16-20)21-8-3-2-4-9-21/h2-12,15-16,22H,14H2,1H3,(H,30,32)(H,26,27,29). The van der Waals surface area contributed by atoms with E-state index in [2.05, 4.69) is 31.8 Å². The molecule has 0 aliphatic carbocycles. The summed E-state index contributed by atoms with van der Waals surface area (Å²) < 4.78 is 1.67. The van der Waals surface area contributed by atoms with Gasteiger partial charge in [-0.05, 0) is 42.8 Å². The second-order valence-corrected chi connectivity index (χ2v) is 7.13. The number of para-hydroxylation sites is 1. The Morgan fingerprint density at radius 1 is 1.16 bits per heavy atom. The Kier molecular flexibility index (Phi) is 6.18. The van der Waals surface area contributed by atoms with Crippen molar-refractivity contribution in [2.24, 2.45) is 0 Å². The summed E-state index contributed by atoms with van der Waals surface area (Å²) in [5.41, 5.74) is 2.88. The number of carbonyl (C=O) groups excluding carboxylic acids is 1. The Balaban J connectivity index is 1.43. The average Bonchev–Trinajstić information content (AvgIpc) is 3.32. The van der Waals surface area contributed by atoms with E-state index in [1.165, 1.54) is 0 Å². The number of rotatable bonds is 7. The van der Waals surface area contributed by atoms with Crippen molar-refractivity contribution >= 4 is 11.7 Å². The molecule has 1 atom stereocenters. The van der Waals surface area contributed by atoms with E-state index >= 15 is 0 Å². The molecule has 0 bridgehead atoms. The van der Waals surface area contributed by atoms with Gasteiger partial charge in [0.1, 0.15) is 17.7 Å². The molecule has 1 unspecified atom stereocenters. The number of aryl methyl sites for hydroxylation is 1. The number of anilines is 1. The van der Waals surface area contributed by atoms with E-state index in [0.717, 1.165) is 11.3 Å². The van der Waals surface area contributed by atoms with Gasteiger partial charge in [0, 0.05) is 30.1 Å². The highest BCUT2D eigenvalue weighted by Gasteiger charge is 2.17. The van der Waals surface area contributed by atoms with Crippen LogP contribution in [0.4, 0.5) is 5.82 Å². The number of hydrogen-bond acceptors (Lipinski definition) is 6. The number of carbonyl (C=O) groups is 1. The van der Waals surface area contributed by atoms with Crippen molar-refractivity contribution in [3.8, 4) is 11.8 Å². The lowest BCUT2D eigenvalue weighted by Crippen LogP contribution is -2.27. The highest BCUT2D eigenvalue weighted by Crippen LogP contribution is 2.16. The minimum absolute atomic E-state index is 0.330. The molecule has 1 amide bonds. The molecule has 4 aromatic rings. The molecular weight excluding hydrogens is 402 g/mol.